The molecule has 0 bridgehead atoms. The Kier molecular flexibility index (Phi) is 3.30. The maximum atomic E-state index is 5.83. The molecule has 1 aromatic rings. The van der Waals surface area contributed by atoms with Crippen molar-refractivity contribution >= 4 is 0 Å². The molecule has 2 heteroatoms. The van der Waals surface area contributed by atoms with Gasteiger partial charge in [0, 0.05) is 0 Å². The minimum atomic E-state index is 0.179. The number of methoxy groups -OCH3 is 1. The van der Waals surface area contributed by atoms with Crippen LogP contribution in [0.15, 0.2) is 35.4 Å². The lowest BCUT2D eigenvalue weighted by Gasteiger charge is -2.25. The zero-order chi connectivity index (χ0) is 11.5. The van der Waals surface area contributed by atoms with E-state index in [0.29, 0.717) is 0 Å². The predicted octanol–water partition coefficient (Wildman–Crippen LogP) is 3.49. The van der Waals surface area contributed by atoms with Crippen molar-refractivity contribution < 1.29 is 9.47 Å². The molecule has 0 amide bonds. The van der Waals surface area contributed by atoms with Crippen LogP contribution in [0.3, 0.4) is 0 Å². The highest BCUT2D eigenvalue weighted by Crippen LogP contribution is 2.32. The highest BCUT2D eigenvalue weighted by molar-refractivity contribution is 5.31. The molecule has 86 valence electrons. The number of ether oxygens (including phenoxy) is 2. The molecule has 2 rings (SSSR count). The van der Waals surface area contributed by atoms with Gasteiger partial charge in [0.05, 0.1) is 19.8 Å². The van der Waals surface area contributed by atoms with Crippen LogP contribution in [0.1, 0.15) is 31.9 Å². The molecule has 0 fully saturated rings. The molecule has 0 aliphatic carbocycles. The Bertz CT molecular complexity index is 407. The third kappa shape index (κ3) is 2.27. The first-order chi connectivity index (χ1) is 7.70. The number of benzene rings is 1. The van der Waals surface area contributed by atoms with Crippen LogP contribution in [-0.2, 0) is 4.74 Å². The summed E-state index contributed by atoms with van der Waals surface area (Å²) in [5.74, 6) is 0.894. The van der Waals surface area contributed by atoms with Gasteiger partial charge in [-0.15, -0.1) is 0 Å². The zero-order valence-corrected chi connectivity index (χ0v) is 10.1. The summed E-state index contributed by atoms with van der Waals surface area (Å²) in [4.78, 5) is 0. The Morgan fingerprint density at radius 2 is 2.06 bits per heavy atom. The lowest BCUT2D eigenvalue weighted by molar-refractivity contribution is 0.0577. The van der Waals surface area contributed by atoms with Gasteiger partial charge in [-0.25, -0.2) is 0 Å². The molecule has 0 saturated heterocycles. The van der Waals surface area contributed by atoms with Crippen molar-refractivity contribution in [1.29, 1.82) is 0 Å². The van der Waals surface area contributed by atoms with Gasteiger partial charge < -0.3 is 9.47 Å². The van der Waals surface area contributed by atoms with Crippen LogP contribution in [0, 0.1) is 0 Å². The topological polar surface area (TPSA) is 18.5 Å². The van der Waals surface area contributed by atoms with Gasteiger partial charge in [-0.2, -0.15) is 0 Å². The predicted molar refractivity (Wildman–Crippen MR) is 64.7 cm³/mol. The van der Waals surface area contributed by atoms with Gasteiger partial charge in [-0.3, -0.25) is 0 Å². The number of rotatable bonds is 2. The van der Waals surface area contributed by atoms with E-state index < -0.39 is 0 Å². The van der Waals surface area contributed by atoms with Gasteiger partial charge in [-0.05, 0) is 43.5 Å². The Labute approximate surface area is 96.9 Å². The van der Waals surface area contributed by atoms with Crippen molar-refractivity contribution in [3.05, 3.63) is 41.0 Å². The third-order valence-corrected chi connectivity index (χ3v) is 3.19. The molecule has 1 atom stereocenters. The Morgan fingerprint density at radius 3 is 2.75 bits per heavy atom. The van der Waals surface area contributed by atoms with E-state index in [-0.39, 0.29) is 6.10 Å². The van der Waals surface area contributed by atoms with Gasteiger partial charge in [0.2, 0.25) is 0 Å². The van der Waals surface area contributed by atoms with Gasteiger partial charge in [-0.1, -0.05) is 17.7 Å². The summed E-state index contributed by atoms with van der Waals surface area (Å²) in [7, 11) is 1.69. The zero-order valence-electron chi connectivity index (χ0n) is 10.1. The average molecular weight is 218 g/mol. The van der Waals surface area contributed by atoms with Crippen molar-refractivity contribution in [2.75, 3.05) is 13.7 Å². The van der Waals surface area contributed by atoms with Gasteiger partial charge in [0.25, 0.3) is 0 Å². The van der Waals surface area contributed by atoms with E-state index in [1.807, 2.05) is 12.1 Å². The Hall–Kier alpha value is -1.28. The minimum absolute atomic E-state index is 0.179. The van der Waals surface area contributed by atoms with Crippen LogP contribution in [-0.4, -0.2) is 13.7 Å². The van der Waals surface area contributed by atoms with Crippen molar-refractivity contribution in [3.63, 3.8) is 0 Å². The standard InChI is InChI=1S/C14H18O2/c1-10-7-14(16-9-11(10)2)12-5-4-6-13(8-12)15-3/h4-6,8,14H,7,9H2,1-3H3. The summed E-state index contributed by atoms with van der Waals surface area (Å²) in [6.07, 6.45) is 1.16. The summed E-state index contributed by atoms with van der Waals surface area (Å²) >= 11 is 0. The lowest BCUT2D eigenvalue weighted by atomic mass is 9.97. The molecular formula is C14H18O2. The van der Waals surface area contributed by atoms with Gasteiger partial charge >= 0.3 is 0 Å². The van der Waals surface area contributed by atoms with Crippen LogP contribution < -0.4 is 4.74 Å². The average Bonchev–Trinajstić information content (AvgIpc) is 2.33. The molecule has 1 aliphatic rings. The van der Waals surface area contributed by atoms with E-state index in [9.17, 15) is 0 Å². The normalized spacial score (nSPS) is 21.1. The fourth-order valence-electron chi connectivity index (χ4n) is 1.92. The fraction of sp³-hybridized carbons (Fsp3) is 0.429. The lowest BCUT2D eigenvalue weighted by Crippen LogP contribution is -2.13. The Morgan fingerprint density at radius 1 is 1.25 bits per heavy atom. The van der Waals surface area contributed by atoms with Crippen LogP contribution in [0.25, 0.3) is 0 Å². The highest BCUT2D eigenvalue weighted by Gasteiger charge is 2.18. The quantitative estimate of drug-likeness (QED) is 0.707. The molecule has 0 saturated carbocycles. The van der Waals surface area contributed by atoms with Crippen molar-refractivity contribution in [3.8, 4) is 5.75 Å². The van der Waals surface area contributed by atoms with Gasteiger partial charge in [0.1, 0.15) is 5.75 Å². The first kappa shape index (κ1) is 11.2. The van der Waals surface area contributed by atoms with E-state index in [2.05, 4.69) is 26.0 Å². The van der Waals surface area contributed by atoms with Crippen LogP contribution in [0.4, 0.5) is 0 Å². The third-order valence-electron chi connectivity index (χ3n) is 3.19. The molecule has 1 aliphatic heterocycles. The molecule has 2 nitrogen and oxygen atoms in total. The molecule has 0 N–H and O–H groups in total. The molecule has 1 heterocycles. The second-order valence-corrected chi connectivity index (χ2v) is 4.34. The summed E-state index contributed by atoms with van der Waals surface area (Å²) in [6.45, 7) is 5.07. The summed E-state index contributed by atoms with van der Waals surface area (Å²) < 4.78 is 11.1. The first-order valence-electron chi connectivity index (χ1n) is 5.61. The number of hydrogen-bond acceptors (Lipinski definition) is 2. The molecule has 16 heavy (non-hydrogen) atoms. The first-order valence-corrected chi connectivity index (χ1v) is 5.61. The van der Waals surface area contributed by atoms with Crippen LogP contribution >= 0.6 is 0 Å². The van der Waals surface area contributed by atoms with E-state index in [0.717, 1.165) is 18.8 Å². The summed E-state index contributed by atoms with van der Waals surface area (Å²) in [5, 5.41) is 0. The molecular weight excluding hydrogens is 200 g/mol. The summed E-state index contributed by atoms with van der Waals surface area (Å²) in [5.41, 5.74) is 4.00. The maximum Gasteiger partial charge on any atom is 0.119 e. The highest BCUT2D eigenvalue weighted by atomic mass is 16.5. The number of hydrogen-bond donors (Lipinski definition) is 0. The molecule has 1 unspecified atom stereocenters. The second-order valence-electron chi connectivity index (χ2n) is 4.34. The van der Waals surface area contributed by atoms with E-state index in [4.69, 9.17) is 9.47 Å². The molecule has 0 radical (unpaired) electrons. The van der Waals surface area contributed by atoms with E-state index in [1.54, 1.807) is 7.11 Å². The minimum Gasteiger partial charge on any atom is -0.497 e. The van der Waals surface area contributed by atoms with Crippen molar-refractivity contribution in [2.24, 2.45) is 0 Å². The van der Waals surface area contributed by atoms with Crippen molar-refractivity contribution in [1.82, 2.24) is 0 Å². The van der Waals surface area contributed by atoms with E-state index >= 15 is 0 Å². The fourth-order valence-corrected chi connectivity index (χ4v) is 1.92. The maximum absolute atomic E-state index is 5.83. The smallest absolute Gasteiger partial charge is 0.119 e. The SMILES string of the molecule is COc1cccc(C2CC(C)=C(C)CO2)c1. The second kappa shape index (κ2) is 4.71. The van der Waals surface area contributed by atoms with Crippen molar-refractivity contribution in [2.45, 2.75) is 26.4 Å². The molecule has 1 aromatic carbocycles. The molecule has 0 spiro atoms. The summed E-state index contributed by atoms with van der Waals surface area (Å²) in [6, 6.07) is 8.12. The molecule has 0 aromatic heterocycles. The van der Waals surface area contributed by atoms with E-state index in [1.165, 1.54) is 16.7 Å². The largest absolute Gasteiger partial charge is 0.497 e. The Balaban J connectivity index is 2.19. The van der Waals surface area contributed by atoms with Crippen LogP contribution in [0.5, 0.6) is 5.75 Å². The van der Waals surface area contributed by atoms with Gasteiger partial charge in [0.15, 0.2) is 0 Å². The monoisotopic (exact) mass is 218 g/mol. The van der Waals surface area contributed by atoms with Crippen LogP contribution in [0.2, 0.25) is 0 Å².